The number of carbonyl (C=O) groups is 1. The van der Waals surface area contributed by atoms with Crippen LogP contribution in [0.25, 0.3) is 0 Å². The van der Waals surface area contributed by atoms with Crippen LogP contribution in [-0.2, 0) is 11.3 Å². The summed E-state index contributed by atoms with van der Waals surface area (Å²) < 4.78 is 1.26. The second kappa shape index (κ2) is 6.56. The molecule has 0 radical (unpaired) electrons. The highest BCUT2D eigenvalue weighted by atomic mass is 35.5. The molecule has 1 heterocycles. The molecule has 0 aliphatic rings. The van der Waals surface area contributed by atoms with Gasteiger partial charge in [-0.25, -0.2) is 4.68 Å². The van der Waals surface area contributed by atoms with Gasteiger partial charge in [-0.05, 0) is 20.8 Å². The molecular weight excluding hydrogens is 268 g/mol. The molecular formula is C12H19ClN4O2. The van der Waals surface area contributed by atoms with Crippen molar-refractivity contribution in [2.45, 2.75) is 33.4 Å². The number of hydrogen-bond donors (Lipinski definition) is 1. The molecule has 1 unspecified atom stereocenters. The summed E-state index contributed by atoms with van der Waals surface area (Å²) in [5.74, 6) is -0.0711. The standard InChI is InChI=1S/C12H19ClN4O2/c1-5-16(4)11(18)8(3)15-9-7-14-17(6-2)12(19)10(9)13/h7-8,15H,5-6H2,1-4H3. The van der Waals surface area contributed by atoms with Crippen LogP contribution in [0.4, 0.5) is 5.69 Å². The first-order valence-corrected chi connectivity index (χ1v) is 6.57. The van der Waals surface area contributed by atoms with E-state index in [-0.39, 0.29) is 16.5 Å². The third kappa shape index (κ3) is 3.47. The second-order valence-electron chi connectivity index (χ2n) is 4.21. The number of likely N-dealkylation sites (N-methyl/N-ethyl adjacent to an activating group) is 1. The van der Waals surface area contributed by atoms with Gasteiger partial charge in [0.1, 0.15) is 11.1 Å². The van der Waals surface area contributed by atoms with Gasteiger partial charge in [-0.1, -0.05) is 11.6 Å². The van der Waals surface area contributed by atoms with Gasteiger partial charge in [-0.15, -0.1) is 0 Å². The van der Waals surface area contributed by atoms with E-state index in [9.17, 15) is 9.59 Å². The lowest BCUT2D eigenvalue weighted by Crippen LogP contribution is -2.39. The highest BCUT2D eigenvalue weighted by Gasteiger charge is 2.18. The Hall–Kier alpha value is -1.56. The lowest BCUT2D eigenvalue weighted by molar-refractivity contribution is -0.130. The number of carbonyl (C=O) groups excluding carboxylic acids is 1. The first kappa shape index (κ1) is 15.5. The minimum Gasteiger partial charge on any atom is -0.371 e. The summed E-state index contributed by atoms with van der Waals surface area (Å²) in [6.45, 7) is 6.48. The maximum absolute atomic E-state index is 11.9. The Morgan fingerprint density at radius 3 is 2.74 bits per heavy atom. The summed E-state index contributed by atoms with van der Waals surface area (Å²) in [4.78, 5) is 25.3. The van der Waals surface area contributed by atoms with E-state index in [0.29, 0.717) is 18.8 Å². The molecule has 19 heavy (non-hydrogen) atoms. The van der Waals surface area contributed by atoms with Crippen LogP contribution in [-0.4, -0.2) is 40.2 Å². The fourth-order valence-corrected chi connectivity index (χ4v) is 1.77. The average molecular weight is 287 g/mol. The van der Waals surface area contributed by atoms with Gasteiger partial charge in [-0.2, -0.15) is 5.10 Å². The Morgan fingerprint density at radius 2 is 2.21 bits per heavy atom. The average Bonchev–Trinajstić information content (AvgIpc) is 2.42. The van der Waals surface area contributed by atoms with Crippen molar-refractivity contribution in [2.24, 2.45) is 0 Å². The van der Waals surface area contributed by atoms with E-state index in [1.165, 1.54) is 10.9 Å². The van der Waals surface area contributed by atoms with Crippen molar-refractivity contribution >= 4 is 23.2 Å². The number of rotatable bonds is 5. The zero-order valence-corrected chi connectivity index (χ0v) is 12.4. The fraction of sp³-hybridized carbons (Fsp3) is 0.583. The monoisotopic (exact) mass is 286 g/mol. The van der Waals surface area contributed by atoms with Crippen molar-refractivity contribution in [3.63, 3.8) is 0 Å². The van der Waals surface area contributed by atoms with E-state index >= 15 is 0 Å². The van der Waals surface area contributed by atoms with E-state index < -0.39 is 6.04 Å². The van der Waals surface area contributed by atoms with Crippen LogP contribution in [0.15, 0.2) is 11.0 Å². The summed E-state index contributed by atoms with van der Waals surface area (Å²) in [5, 5.41) is 6.94. The molecule has 6 nitrogen and oxygen atoms in total. The predicted octanol–water partition coefficient (Wildman–Crippen LogP) is 1.20. The molecule has 0 fully saturated rings. The first-order chi connectivity index (χ1) is 8.92. The molecule has 0 spiro atoms. The van der Waals surface area contributed by atoms with E-state index in [2.05, 4.69) is 10.4 Å². The van der Waals surface area contributed by atoms with Crippen LogP contribution in [0.5, 0.6) is 0 Å². The Balaban J connectivity index is 2.92. The number of nitrogens with zero attached hydrogens (tertiary/aromatic N) is 3. The minimum atomic E-state index is -0.471. The molecule has 1 amide bonds. The zero-order chi connectivity index (χ0) is 14.6. The van der Waals surface area contributed by atoms with Crippen LogP contribution in [0.2, 0.25) is 5.02 Å². The van der Waals surface area contributed by atoms with E-state index in [1.54, 1.807) is 25.8 Å². The number of aromatic nitrogens is 2. The summed E-state index contributed by atoms with van der Waals surface area (Å²) in [7, 11) is 1.72. The number of hydrogen-bond acceptors (Lipinski definition) is 4. The molecule has 1 N–H and O–H groups in total. The fourth-order valence-electron chi connectivity index (χ4n) is 1.57. The van der Waals surface area contributed by atoms with Crippen molar-refractivity contribution in [1.82, 2.24) is 14.7 Å². The minimum absolute atomic E-state index is 0.0515. The third-order valence-corrected chi connectivity index (χ3v) is 3.24. The first-order valence-electron chi connectivity index (χ1n) is 6.19. The summed E-state index contributed by atoms with van der Waals surface area (Å²) >= 11 is 5.98. The van der Waals surface area contributed by atoms with Crippen LogP contribution < -0.4 is 10.9 Å². The van der Waals surface area contributed by atoms with Crippen LogP contribution >= 0.6 is 11.6 Å². The molecule has 1 aromatic rings. The van der Waals surface area contributed by atoms with Gasteiger partial charge in [0.15, 0.2) is 0 Å². The molecule has 0 saturated carbocycles. The maximum Gasteiger partial charge on any atom is 0.287 e. The highest BCUT2D eigenvalue weighted by molar-refractivity contribution is 6.33. The number of nitrogens with one attached hydrogen (secondary N) is 1. The van der Waals surface area contributed by atoms with Crippen molar-refractivity contribution in [1.29, 1.82) is 0 Å². The summed E-state index contributed by atoms with van der Waals surface area (Å²) in [5.41, 5.74) is 0.0133. The van der Waals surface area contributed by atoms with Crippen LogP contribution in [0.1, 0.15) is 20.8 Å². The Kier molecular flexibility index (Phi) is 5.35. The Morgan fingerprint density at radius 1 is 1.58 bits per heavy atom. The van der Waals surface area contributed by atoms with Crippen molar-refractivity contribution < 1.29 is 4.79 Å². The number of halogens is 1. The van der Waals surface area contributed by atoms with Crippen molar-refractivity contribution in [3.05, 3.63) is 21.6 Å². The molecule has 106 valence electrons. The van der Waals surface area contributed by atoms with Gasteiger partial charge in [0.05, 0.1) is 11.9 Å². The van der Waals surface area contributed by atoms with Crippen LogP contribution in [0.3, 0.4) is 0 Å². The van der Waals surface area contributed by atoms with Gasteiger partial charge < -0.3 is 10.2 Å². The molecule has 7 heteroatoms. The van der Waals surface area contributed by atoms with Gasteiger partial charge in [0.25, 0.3) is 5.56 Å². The molecule has 0 aliphatic carbocycles. The van der Waals surface area contributed by atoms with Crippen molar-refractivity contribution in [3.8, 4) is 0 Å². The van der Waals surface area contributed by atoms with Gasteiger partial charge >= 0.3 is 0 Å². The summed E-state index contributed by atoms with van der Waals surface area (Å²) in [6, 6.07) is -0.471. The molecule has 0 bridgehead atoms. The number of anilines is 1. The van der Waals surface area contributed by atoms with E-state index in [4.69, 9.17) is 11.6 Å². The van der Waals surface area contributed by atoms with Gasteiger partial charge in [0.2, 0.25) is 5.91 Å². The molecule has 1 aromatic heterocycles. The van der Waals surface area contributed by atoms with Gasteiger partial charge in [0, 0.05) is 20.1 Å². The normalized spacial score (nSPS) is 12.1. The van der Waals surface area contributed by atoms with Crippen LogP contribution in [0, 0.1) is 0 Å². The molecule has 1 rings (SSSR count). The smallest absolute Gasteiger partial charge is 0.287 e. The number of amides is 1. The Labute approximate surface area is 117 Å². The maximum atomic E-state index is 11.9. The SMILES string of the molecule is CCN(C)C(=O)C(C)Nc1cnn(CC)c(=O)c1Cl. The van der Waals surface area contributed by atoms with Gasteiger partial charge in [-0.3, -0.25) is 9.59 Å². The zero-order valence-electron chi connectivity index (χ0n) is 11.6. The Bertz CT molecular complexity index is 515. The lowest BCUT2D eigenvalue weighted by atomic mass is 10.2. The molecule has 0 saturated heterocycles. The quantitative estimate of drug-likeness (QED) is 0.883. The predicted molar refractivity (Wildman–Crippen MR) is 75.6 cm³/mol. The second-order valence-corrected chi connectivity index (χ2v) is 4.59. The lowest BCUT2D eigenvalue weighted by Gasteiger charge is -2.21. The topological polar surface area (TPSA) is 67.2 Å². The van der Waals surface area contributed by atoms with E-state index in [1.807, 2.05) is 6.92 Å². The molecule has 1 atom stereocenters. The summed E-state index contributed by atoms with van der Waals surface area (Å²) in [6.07, 6.45) is 1.46. The molecule has 0 aliphatic heterocycles. The van der Waals surface area contributed by atoms with E-state index in [0.717, 1.165) is 0 Å². The molecule has 0 aromatic carbocycles. The third-order valence-electron chi connectivity index (χ3n) is 2.88. The largest absolute Gasteiger partial charge is 0.371 e. The number of aryl methyl sites for hydroxylation is 1. The highest BCUT2D eigenvalue weighted by Crippen LogP contribution is 2.16. The van der Waals surface area contributed by atoms with Crippen molar-refractivity contribution in [2.75, 3.05) is 18.9 Å².